The van der Waals surface area contributed by atoms with E-state index in [-0.39, 0.29) is 0 Å². The largest absolute Gasteiger partial charge is 0.383 e. The van der Waals surface area contributed by atoms with Crippen molar-refractivity contribution in [1.29, 1.82) is 0 Å². The third kappa shape index (κ3) is 11.1. The van der Waals surface area contributed by atoms with Crippen molar-refractivity contribution in [2.45, 2.75) is 40.5 Å². The average molecular weight is 303 g/mol. The maximum atomic E-state index is 5.24. The Labute approximate surface area is 132 Å². The van der Waals surface area contributed by atoms with E-state index in [0.717, 1.165) is 45.9 Å². The minimum atomic E-state index is 0.311. The molecule has 0 fully saturated rings. The second kappa shape index (κ2) is 12.4. The number of hydrogen-bond acceptors (Lipinski definition) is 4. The molecule has 128 valence electrons. The highest BCUT2D eigenvalue weighted by Gasteiger charge is 2.26. The first-order valence-corrected chi connectivity index (χ1v) is 8.38. The molecule has 0 aromatic rings. The minimum Gasteiger partial charge on any atom is -0.383 e. The van der Waals surface area contributed by atoms with Gasteiger partial charge in [-0.1, -0.05) is 34.1 Å². The molecule has 0 bridgehead atoms. The summed E-state index contributed by atoms with van der Waals surface area (Å²) in [6.45, 7) is 16.0. The molecule has 0 aliphatic heterocycles. The first-order valence-electron chi connectivity index (χ1n) is 8.38. The maximum Gasteiger partial charge on any atom is 0.0589 e. The molecule has 0 rings (SSSR count). The summed E-state index contributed by atoms with van der Waals surface area (Å²) in [6, 6.07) is 0. The van der Waals surface area contributed by atoms with E-state index in [4.69, 9.17) is 9.47 Å². The van der Waals surface area contributed by atoms with Gasteiger partial charge in [0, 0.05) is 40.4 Å². The molecule has 0 saturated carbocycles. The summed E-state index contributed by atoms with van der Waals surface area (Å²) >= 11 is 0. The maximum absolute atomic E-state index is 5.24. The Morgan fingerprint density at radius 2 is 1.67 bits per heavy atom. The quantitative estimate of drug-likeness (QED) is 0.535. The second-order valence-electron chi connectivity index (χ2n) is 6.85. The summed E-state index contributed by atoms with van der Waals surface area (Å²) < 4.78 is 10.5. The van der Waals surface area contributed by atoms with Gasteiger partial charge in [0.1, 0.15) is 0 Å². The van der Waals surface area contributed by atoms with Crippen molar-refractivity contribution >= 4 is 0 Å². The highest BCUT2D eigenvalue weighted by molar-refractivity contribution is 4.81. The van der Waals surface area contributed by atoms with Crippen molar-refractivity contribution in [3.8, 4) is 0 Å². The van der Waals surface area contributed by atoms with Gasteiger partial charge in [0.15, 0.2) is 0 Å². The van der Waals surface area contributed by atoms with E-state index in [2.05, 4.69) is 37.9 Å². The molecule has 0 spiro atoms. The Balaban J connectivity index is 4.48. The average Bonchev–Trinajstić information content (AvgIpc) is 2.41. The van der Waals surface area contributed by atoms with E-state index in [1.165, 1.54) is 12.8 Å². The first-order chi connectivity index (χ1) is 9.97. The molecule has 4 nitrogen and oxygen atoms in total. The van der Waals surface area contributed by atoms with Gasteiger partial charge in [-0.05, 0) is 24.3 Å². The van der Waals surface area contributed by atoms with Crippen LogP contribution in [0.2, 0.25) is 0 Å². The Hall–Kier alpha value is -0.160. The van der Waals surface area contributed by atoms with Gasteiger partial charge in [0.05, 0.1) is 13.2 Å². The van der Waals surface area contributed by atoms with E-state index in [1.807, 2.05) is 0 Å². The molecular weight excluding hydrogens is 264 g/mol. The molecule has 1 N–H and O–H groups in total. The number of hydrogen-bond donors (Lipinski definition) is 1. The van der Waals surface area contributed by atoms with Crippen LogP contribution in [0.25, 0.3) is 0 Å². The van der Waals surface area contributed by atoms with Crippen LogP contribution in [-0.4, -0.2) is 65.1 Å². The Morgan fingerprint density at radius 3 is 2.10 bits per heavy atom. The van der Waals surface area contributed by atoms with Gasteiger partial charge in [-0.3, -0.25) is 4.90 Å². The molecule has 0 aromatic carbocycles. The summed E-state index contributed by atoms with van der Waals surface area (Å²) in [5.74, 6) is 0.703. The van der Waals surface area contributed by atoms with Crippen LogP contribution in [-0.2, 0) is 9.47 Å². The molecule has 1 atom stereocenters. The van der Waals surface area contributed by atoms with Gasteiger partial charge in [-0.2, -0.15) is 0 Å². The van der Waals surface area contributed by atoms with E-state index in [9.17, 15) is 0 Å². The predicted molar refractivity (Wildman–Crippen MR) is 90.9 cm³/mol. The molecule has 0 aromatic heterocycles. The monoisotopic (exact) mass is 302 g/mol. The van der Waals surface area contributed by atoms with Crippen LogP contribution in [0.15, 0.2) is 0 Å². The summed E-state index contributed by atoms with van der Waals surface area (Å²) in [4.78, 5) is 2.47. The third-order valence-electron chi connectivity index (χ3n) is 3.79. The molecule has 21 heavy (non-hydrogen) atoms. The topological polar surface area (TPSA) is 33.7 Å². The minimum absolute atomic E-state index is 0.311. The SMILES string of the molecule is CCCC(C)(CNCC(C)C)CN(CCOC)CCOC. The van der Waals surface area contributed by atoms with Crippen LogP contribution < -0.4 is 5.32 Å². The summed E-state index contributed by atoms with van der Waals surface area (Å²) in [7, 11) is 3.54. The fourth-order valence-electron chi connectivity index (χ4n) is 2.74. The molecule has 1 unspecified atom stereocenters. The number of rotatable bonds is 14. The summed E-state index contributed by atoms with van der Waals surface area (Å²) in [5.41, 5.74) is 0.311. The van der Waals surface area contributed by atoms with Gasteiger partial charge in [0.2, 0.25) is 0 Å². The second-order valence-corrected chi connectivity index (χ2v) is 6.85. The lowest BCUT2D eigenvalue weighted by molar-refractivity contribution is 0.0799. The predicted octanol–water partition coefficient (Wildman–Crippen LogP) is 2.63. The van der Waals surface area contributed by atoms with Crippen LogP contribution in [0.3, 0.4) is 0 Å². The standard InChI is InChI=1S/C17H38N2O2/c1-7-8-17(4,14-18-13-16(2)3)15-19(9-11-20-5)10-12-21-6/h16,18H,7-15H2,1-6H3. The Morgan fingerprint density at radius 1 is 1.10 bits per heavy atom. The molecule has 0 amide bonds. The van der Waals surface area contributed by atoms with Crippen molar-refractivity contribution in [1.82, 2.24) is 10.2 Å². The zero-order valence-electron chi connectivity index (χ0n) is 15.2. The Kier molecular flexibility index (Phi) is 12.3. The van der Waals surface area contributed by atoms with E-state index in [1.54, 1.807) is 14.2 Å². The van der Waals surface area contributed by atoms with Gasteiger partial charge in [0.25, 0.3) is 0 Å². The van der Waals surface area contributed by atoms with Gasteiger partial charge < -0.3 is 14.8 Å². The van der Waals surface area contributed by atoms with Crippen molar-refractivity contribution in [2.75, 3.05) is 60.2 Å². The third-order valence-corrected chi connectivity index (χ3v) is 3.79. The highest BCUT2D eigenvalue weighted by Crippen LogP contribution is 2.24. The summed E-state index contributed by atoms with van der Waals surface area (Å²) in [6.07, 6.45) is 2.47. The van der Waals surface area contributed by atoms with Crippen molar-refractivity contribution in [3.05, 3.63) is 0 Å². The fraction of sp³-hybridized carbons (Fsp3) is 1.00. The van der Waals surface area contributed by atoms with Crippen LogP contribution in [0.4, 0.5) is 0 Å². The molecule has 0 aliphatic rings. The van der Waals surface area contributed by atoms with Crippen LogP contribution in [0.1, 0.15) is 40.5 Å². The lowest BCUT2D eigenvalue weighted by Crippen LogP contribution is -2.45. The molecule has 0 saturated heterocycles. The highest BCUT2D eigenvalue weighted by atomic mass is 16.5. The normalized spacial score (nSPS) is 14.9. The van der Waals surface area contributed by atoms with Gasteiger partial charge >= 0.3 is 0 Å². The number of nitrogens with one attached hydrogen (secondary N) is 1. The number of methoxy groups -OCH3 is 2. The lowest BCUT2D eigenvalue weighted by atomic mass is 9.84. The van der Waals surface area contributed by atoms with E-state index >= 15 is 0 Å². The molecule has 4 heteroatoms. The van der Waals surface area contributed by atoms with Gasteiger partial charge in [-0.15, -0.1) is 0 Å². The van der Waals surface area contributed by atoms with Crippen molar-refractivity contribution in [3.63, 3.8) is 0 Å². The van der Waals surface area contributed by atoms with E-state index in [0.29, 0.717) is 11.3 Å². The van der Waals surface area contributed by atoms with Crippen LogP contribution >= 0.6 is 0 Å². The molecular formula is C17H38N2O2. The first kappa shape index (κ1) is 20.8. The molecule has 0 aliphatic carbocycles. The molecule has 0 heterocycles. The molecule has 0 radical (unpaired) electrons. The zero-order valence-corrected chi connectivity index (χ0v) is 15.2. The summed E-state index contributed by atoms with van der Waals surface area (Å²) in [5, 5.41) is 3.64. The van der Waals surface area contributed by atoms with Crippen molar-refractivity contribution in [2.24, 2.45) is 11.3 Å². The van der Waals surface area contributed by atoms with E-state index < -0.39 is 0 Å². The van der Waals surface area contributed by atoms with Crippen molar-refractivity contribution < 1.29 is 9.47 Å². The van der Waals surface area contributed by atoms with Gasteiger partial charge in [-0.25, -0.2) is 0 Å². The zero-order chi connectivity index (χ0) is 16.1. The smallest absolute Gasteiger partial charge is 0.0589 e. The van der Waals surface area contributed by atoms with Crippen LogP contribution in [0, 0.1) is 11.3 Å². The Bertz CT molecular complexity index is 229. The number of ether oxygens (including phenoxy) is 2. The van der Waals surface area contributed by atoms with Crippen LogP contribution in [0.5, 0.6) is 0 Å². The lowest BCUT2D eigenvalue weighted by Gasteiger charge is -2.36. The number of nitrogens with zero attached hydrogens (tertiary/aromatic N) is 1. The fourth-order valence-corrected chi connectivity index (χ4v) is 2.74.